The van der Waals surface area contributed by atoms with Crippen molar-refractivity contribution in [3.63, 3.8) is 0 Å². The Labute approximate surface area is 135 Å². The van der Waals surface area contributed by atoms with E-state index in [9.17, 15) is 14.9 Å². The first-order chi connectivity index (χ1) is 10.0. The highest BCUT2D eigenvalue weighted by Gasteiger charge is 2.03. The fourth-order valence-electron chi connectivity index (χ4n) is 1.60. The van der Waals surface area contributed by atoms with Crippen molar-refractivity contribution < 1.29 is 9.72 Å². The summed E-state index contributed by atoms with van der Waals surface area (Å²) >= 11 is 2.19. The van der Waals surface area contributed by atoms with Gasteiger partial charge in [-0.2, -0.15) is 0 Å². The van der Waals surface area contributed by atoms with Crippen LogP contribution in [0.5, 0.6) is 0 Å². The molecule has 0 bridgehead atoms. The normalized spacial score (nSPS) is 10.5. The molecule has 1 amide bonds. The first-order valence-corrected chi connectivity index (χ1v) is 7.11. The van der Waals surface area contributed by atoms with E-state index in [1.165, 1.54) is 18.2 Å². The molecule has 21 heavy (non-hydrogen) atoms. The van der Waals surface area contributed by atoms with E-state index in [2.05, 4.69) is 27.9 Å². The number of halogens is 1. The quantitative estimate of drug-likeness (QED) is 0.371. The number of carbonyl (C=O) groups excluding carboxylic acids is 1. The number of nitrogens with zero attached hydrogens (tertiary/aromatic N) is 1. The van der Waals surface area contributed by atoms with Crippen LogP contribution in [0, 0.1) is 13.7 Å². The molecule has 0 atom stereocenters. The molecule has 2 rings (SSSR count). The molecule has 0 saturated heterocycles. The molecule has 0 aliphatic carbocycles. The first kappa shape index (κ1) is 15.2. The molecule has 2 aromatic rings. The van der Waals surface area contributed by atoms with Gasteiger partial charge in [0.15, 0.2) is 0 Å². The molecule has 106 valence electrons. The van der Waals surface area contributed by atoms with Gasteiger partial charge in [-0.05, 0) is 70.6 Å². The van der Waals surface area contributed by atoms with E-state index in [1.807, 2.05) is 24.3 Å². The van der Waals surface area contributed by atoms with Crippen molar-refractivity contribution in [2.45, 2.75) is 0 Å². The van der Waals surface area contributed by atoms with Crippen LogP contribution >= 0.6 is 22.6 Å². The number of hydrogen-bond acceptors (Lipinski definition) is 3. The molecule has 0 radical (unpaired) electrons. The number of nitrogens with one attached hydrogen (secondary N) is 1. The van der Waals surface area contributed by atoms with Crippen LogP contribution < -0.4 is 5.32 Å². The predicted molar refractivity (Wildman–Crippen MR) is 89.9 cm³/mol. The Morgan fingerprint density at radius 3 is 2.29 bits per heavy atom. The average Bonchev–Trinajstić information content (AvgIpc) is 2.48. The smallest absolute Gasteiger partial charge is 0.269 e. The second-order valence-electron chi connectivity index (χ2n) is 4.18. The molecule has 0 saturated carbocycles. The maximum Gasteiger partial charge on any atom is 0.269 e. The van der Waals surface area contributed by atoms with Gasteiger partial charge in [-0.25, -0.2) is 0 Å². The van der Waals surface area contributed by atoms with Gasteiger partial charge in [-0.15, -0.1) is 0 Å². The topological polar surface area (TPSA) is 72.2 Å². The largest absolute Gasteiger partial charge is 0.323 e. The van der Waals surface area contributed by atoms with Crippen molar-refractivity contribution in [1.29, 1.82) is 0 Å². The Morgan fingerprint density at radius 2 is 1.71 bits per heavy atom. The molecule has 0 aromatic heterocycles. The lowest BCUT2D eigenvalue weighted by Gasteiger charge is -2.01. The fourth-order valence-corrected chi connectivity index (χ4v) is 1.96. The molecule has 0 spiro atoms. The summed E-state index contributed by atoms with van der Waals surface area (Å²) in [7, 11) is 0. The molecule has 0 aliphatic heterocycles. The highest BCUT2D eigenvalue weighted by atomic mass is 127. The van der Waals surface area contributed by atoms with Crippen molar-refractivity contribution in [3.05, 3.63) is 73.9 Å². The zero-order valence-corrected chi connectivity index (χ0v) is 13.0. The third kappa shape index (κ3) is 4.67. The van der Waals surface area contributed by atoms with Gasteiger partial charge in [0.2, 0.25) is 5.91 Å². The maximum absolute atomic E-state index is 11.7. The Kier molecular flexibility index (Phi) is 5.04. The van der Waals surface area contributed by atoms with E-state index in [1.54, 1.807) is 18.2 Å². The summed E-state index contributed by atoms with van der Waals surface area (Å²) in [6.07, 6.45) is 2.99. The number of non-ortho nitro benzene ring substituents is 1. The van der Waals surface area contributed by atoms with Crippen LogP contribution in [0.25, 0.3) is 6.08 Å². The molecular weight excluding hydrogens is 383 g/mol. The minimum Gasteiger partial charge on any atom is -0.323 e. The Hall–Kier alpha value is -2.22. The second-order valence-corrected chi connectivity index (χ2v) is 5.42. The first-order valence-electron chi connectivity index (χ1n) is 6.04. The predicted octanol–water partition coefficient (Wildman–Crippen LogP) is 3.85. The number of benzene rings is 2. The van der Waals surface area contributed by atoms with E-state index >= 15 is 0 Å². The van der Waals surface area contributed by atoms with E-state index in [-0.39, 0.29) is 11.6 Å². The molecule has 0 heterocycles. The van der Waals surface area contributed by atoms with Crippen molar-refractivity contribution in [2.24, 2.45) is 0 Å². The third-order valence-corrected chi connectivity index (χ3v) is 3.36. The summed E-state index contributed by atoms with van der Waals surface area (Å²) in [5, 5.41) is 13.3. The van der Waals surface area contributed by atoms with Gasteiger partial charge in [0, 0.05) is 27.5 Å². The summed E-state index contributed by atoms with van der Waals surface area (Å²) in [4.78, 5) is 21.8. The van der Waals surface area contributed by atoms with Crippen LogP contribution in [-0.4, -0.2) is 10.8 Å². The van der Waals surface area contributed by atoms with Gasteiger partial charge >= 0.3 is 0 Å². The van der Waals surface area contributed by atoms with Gasteiger partial charge < -0.3 is 5.32 Å². The van der Waals surface area contributed by atoms with Gasteiger partial charge in [0.25, 0.3) is 5.69 Å². The number of amides is 1. The molecule has 0 unspecified atom stereocenters. The number of nitro benzene ring substituents is 1. The number of nitro groups is 1. The SMILES string of the molecule is O=C(C=Cc1ccc([N+](=O)[O-])cc1)Nc1ccc(I)cc1. The lowest BCUT2D eigenvalue weighted by molar-refractivity contribution is -0.384. The lowest BCUT2D eigenvalue weighted by Crippen LogP contribution is -2.07. The van der Waals surface area contributed by atoms with E-state index in [4.69, 9.17) is 0 Å². The standard InChI is InChI=1S/C15H11IN2O3/c16-12-4-6-13(7-5-12)17-15(19)10-3-11-1-8-14(9-2-11)18(20)21/h1-10H,(H,17,19). The highest BCUT2D eigenvalue weighted by molar-refractivity contribution is 14.1. The third-order valence-electron chi connectivity index (χ3n) is 2.64. The summed E-state index contributed by atoms with van der Waals surface area (Å²) < 4.78 is 1.09. The van der Waals surface area contributed by atoms with Gasteiger partial charge in [-0.1, -0.05) is 0 Å². The van der Waals surface area contributed by atoms with E-state index < -0.39 is 4.92 Å². The highest BCUT2D eigenvalue weighted by Crippen LogP contribution is 2.13. The number of rotatable bonds is 4. The summed E-state index contributed by atoms with van der Waals surface area (Å²) in [5.41, 5.74) is 1.46. The van der Waals surface area contributed by atoms with Crippen molar-refractivity contribution in [3.8, 4) is 0 Å². The molecule has 1 N–H and O–H groups in total. The van der Waals surface area contributed by atoms with Crippen molar-refractivity contribution in [2.75, 3.05) is 5.32 Å². The molecule has 5 nitrogen and oxygen atoms in total. The Balaban J connectivity index is 1.98. The van der Waals surface area contributed by atoms with Crippen LogP contribution in [-0.2, 0) is 4.79 Å². The summed E-state index contributed by atoms with van der Waals surface area (Å²) in [6, 6.07) is 13.4. The van der Waals surface area contributed by atoms with Gasteiger partial charge in [-0.3, -0.25) is 14.9 Å². The van der Waals surface area contributed by atoms with E-state index in [0.717, 1.165) is 9.13 Å². The van der Waals surface area contributed by atoms with Gasteiger partial charge in [0.05, 0.1) is 4.92 Å². The van der Waals surface area contributed by atoms with Crippen molar-refractivity contribution in [1.82, 2.24) is 0 Å². The lowest BCUT2D eigenvalue weighted by atomic mass is 10.2. The van der Waals surface area contributed by atoms with Crippen LogP contribution in [0.4, 0.5) is 11.4 Å². The monoisotopic (exact) mass is 394 g/mol. The van der Waals surface area contributed by atoms with Crippen LogP contribution in [0.15, 0.2) is 54.6 Å². The number of hydrogen-bond donors (Lipinski definition) is 1. The molecule has 0 fully saturated rings. The summed E-state index contributed by atoms with van der Waals surface area (Å²) in [5.74, 6) is -0.255. The molecular formula is C15H11IN2O3. The van der Waals surface area contributed by atoms with Crippen LogP contribution in [0.2, 0.25) is 0 Å². The Bertz CT molecular complexity index is 679. The molecule has 2 aromatic carbocycles. The minimum absolute atomic E-state index is 0.0236. The number of carbonyl (C=O) groups is 1. The average molecular weight is 394 g/mol. The van der Waals surface area contributed by atoms with Crippen molar-refractivity contribution >= 4 is 45.9 Å². The fraction of sp³-hybridized carbons (Fsp3) is 0. The van der Waals surface area contributed by atoms with Gasteiger partial charge in [0.1, 0.15) is 0 Å². The zero-order chi connectivity index (χ0) is 15.2. The zero-order valence-electron chi connectivity index (χ0n) is 10.8. The molecule has 0 aliphatic rings. The molecule has 6 heteroatoms. The minimum atomic E-state index is -0.461. The second kappa shape index (κ2) is 6.98. The van der Waals surface area contributed by atoms with E-state index in [0.29, 0.717) is 5.69 Å². The number of anilines is 1. The maximum atomic E-state index is 11.7. The van der Waals surface area contributed by atoms with Crippen LogP contribution in [0.3, 0.4) is 0 Å². The summed E-state index contributed by atoms with van der Waals surface area (Å²) in [6.45, 7) is 0. The van der Waals surface area contributed by atoms with Crippen LogP contribution in [0.1, 0.15) is 5.56 Å². The Morgan fingerprint density at radius 1 is 1.10 bits per heavy atom.